The number of hydrogen-bond acceptors (Lipinski definition) is 4. The number of ether oxygens (including phenoxy) is 1. The monoisotopic (exact) mass is 370 g/mol. The molecule has 1 saturated heterocycles. The molecule has 2 amide bonds. The minimum Gasteiger partial charge on any atom is -0.447 e. The maximum absolute atomic E-state index is 12.5. The third kappa shape index (κ3) is 3.60. The molecule has 1 aromatic heterocycles. The zero-order chi connectivity index (χ0) is 17.9. The lowest BCUT2D eigenvalue weighted by molar-refractivity contribution is 0.0955. The summed E-state index contributed by atoms with van der Waals surface area (Å²) in [5.41, 5.74) is 3.13. The van der Waals surface area contributed by atoms with Crippen LogP contribution in [0.4, 0.5) is 10.5 Å². The first-order valence-electron chi connectivity index (χ1n) is 9.14. The summed E-state index contributed by atoms with van der Waals surface area (Å²) in [6.07, 6.45) is 5.60. The van der Waals surface area contributed by atoms with Crippen LogP contribution in [0.5, 0.6) is 0 Å². The minimum atomic E-state index is -0.314. The second-order valence-corrected chi connectivity index (χ2v) is 7.88. The van der Waals surface area contributed by atoms with Crippen molar-refractivity contribution in [2.24, 2.45) is 0 Å². The van der Waals surface area contributed by atoms with Gasteiger partial charge < -0.3 is 10.1 Å². The standard InChI is InChI=1S/C20H22N2O3S/c23-19(18-12-15-6-2-1-3-8-17(15)26-18)21-13-14-5-4-7-16(11-14)22-9-10-25-20(22)24/h4-5,7,11-12H,1-3,6,8-10,13H2,(H,21,23). The number of thiophene rings is 1. The van der Waals surface area contributed by atoms with Crippen LogP contribution in [0, 0.1) is 0 Å². The molecule has 2 aromatic rings. The topological polar surface area (TPSA) is 58.6 Å². The van der Waals surface area contributed by atoms with E-state index in [0.717, 1.165) is 29.0 Å². The fourth-order valence-corrected chi connectivity index (χ4v) is 4.68. The van der Waals surface area contributed by atoms with E-state index in [1.54, 1.807) is 16.2 Å². The molecule has 1 aliphatic carbocycles. The van der Waals surface area contributed by atoms with Crippen LogP contribution in [0.2, 0.25) is 0 Å². The van der Waals surface area contributed by atoms with Gasteiger partial charge in [-0.1, -0.05) is 18.6 Å². The van der Waals surface area contributed by atoms with E-state index in [4.69, 9.17) is 4.74 Å². The molecule has 2 heterocycles. The number of nitrogens with one attached hydrogen (secondary N) is 1. The van der Waals surface area contributed by atoms with E-state index in [9.17, 15) is 9.59 Å². The van der Waals surface area contributed by atoms with E-state index >= 15 is 0 Å². The molecule has 1 aromatic carbocycles. The predicted octanol–water partition coefficient (Wildman–Crippen LogP) is 3.90. The van der Waals surface area contributed by atoms with Gasteiger partial charge in [0.2, 0.25) is 0 Å². The highest BCUT2D eigenvalue weighted by atomic mass is 32.1. The summed E-state index contributed by atoms with van der Waals surface area (Å²) >= 11 is 1.63. The summed E-state index contributed by atoms with van der Waals surface area (Å²) < 4.78 is 4.98. The summed E-state index contributed by atoms with van der Waals surface area (Å²) in [7, 11) is 0. The molecule has 0 atom stereocenters. The lowest BCUT2D eigenvalue weighted by atomic mass is 10.1. The molecule has 0 bridgehead atoms. The van der Waals surface area contributed by atoms with Gasteiger partial charge >= 0.3 is 6.09 Å². The van der Waals surface area contributed by atoms with Crippen molar-refractivity contribution in [3.8, 4) is 0 Å². The van der Waals surface area contributed by atoms with E-state index in [0.29, 0.717) is 19.7 Å². The highest BCUT2D eigenvalue weighted by Gasteiger charge is 2.23. The zero-order valence-electron chi connectivity index (χ0n) is 14.6. The molecular formula is C20H22N2O3S. The predicted molar refractivity (Wildman–Crippen MR) is 102 cm³/mol. The zero-order valence-corrected chi connectivity index (χ0v) is 15.4. The smallest absolute Gasteiger partial charge is 0.414 e. The van der Waals surface area contributed by atoms with Gasteiger partial charge in [-0.25, -0.2) is 4.79 Å². The van der Waals surface area contributed by atoms with Crippen LogP contribution in [-0.4, -0.2) is 25.2 Å². The van der Waals surface area contributed by atoms with Crippen LogP contribution in [0.3, 0.4) is 0 Å². The van der Waals surface area contributed by atoms with E-state index in [-0.39, 0.29) is 12.0 Å². The number of fused-ring (bicyclic) bond motifs is 1. The van der Waals surface area contributed by atoms with Gasteiger partial charge in [0.25, 0.3) is 5.91 Å². The largest absolute Gasteiger partial charge is 0.447 e. The summed E-state index contributed by atoms with van der Waals surface area (Å²) in [5, 5.41) is 3.01. The van der Waals surface area contributed by atoms with Crippen LogP contribution in [0.25, 0.3) is 0 Å². The summed E-state index contributed by atoms with van der Waals surface area (Å²) in [6, 6.07) is 9.73. The number of anilines is 1. The average molecular weight is 370 g/mol. The van der Waals surface area contributed by atoms with Gasteiger partial charge in [-0.15, -0.1) is 11.3 Å². The number of aryl methyl sites for hydroxylation is 2. The molecular weight excluding hydrogens is 348 g/mol. The van der Waals surface area contributed by atoms with Crippen LogP contribution in [-0.2, 0) is 24.1 Å². The van der Waals surface area contributed by atoms with Gasteiger partial charge in [0.15, 0.2) is 0 Å². The fourth-order valence-electron chi connectivity index (χ4n) is 3.51. The SMILES string of the molecule is O=C(NCc1cccc(N2CCOC2=O)c1)c1cc2c(s1)CCCCC2. The van der Waals surface area contributed by atoms with Crippen molar-refractivity contribution in [3.05, 3.63) is 51.2 Å². The van der Waals surface area contributed by atoms with Crippen molar-refractivity contribution in [3.63, 3.8) is 0 Å². The number of nitrogens with zero attached hydrogens (tertiary/aromatic N) is 1. The molecule has 1 aliphatic heterocycles. The van der Waals surface area contributed by atoms with Crippen molar-refractivity contribution in [2.45, 2.75) is 38.6 Å². The van der Waals surface area contributed by atoms with Gasteiger partial charge in [0, 0.05) is 17.1 Å². The van der Waals surface area contributed by atoms with E-state index < -0.39 is 0 Å². The molecule has 0 unspecified atom stereocenters. The molecule has 4 rings (SSSR count). The maximum atomic E-state index is 12.5. The Morgan fingerprint density at radius 3 is 2.92 bits per heavy atom. The van der Waals surface area contributed by atoms with Crippen LogP contribution in [0.1, 0.15) is 44.9 Å². The molecule has 1 fully saturated rings. The third-order valence-electron chi connectivity index (χ3n) is 4.91. The van der Waals surface area contributed by atoms with Crippen molar-refractivity contribution in [2.75, 3.05) is 18.1 Å². The maximum Gasteiger partial charge on any atom is 0.414 e. The first kappa shape index (κ1) is 17.1. The van der Waals surface area contributed by atoms with Crippen molar-refractivity contribution < 1.29 is 14.3 Å². The molecule has 0 saturated carbocycles. The number of carbonyl (C=O) groups is 2. The van der Waals surface area contributed by atoms with E-state index in [1.165, 1.54) is 29.7 Å². The lowest BCUT2D eigenvalue weighted by Crippen LogP contribution is -2.24. The summed E-state index contributed by atoms with van der Waals surface area (Å²) in [6.45, 7) is 1.43. The molecule has 0 spiro atoms. The van der Waals surface area contributed by atoms with Gasteiger partial charge in [0.05, 0.1) is 11.4 Å². The number of carbonyl (C=O) groups excluding carboxylic acids is 2. The Labute approximate surface area is 157 Å². The number of amides is 2. The van der Waals surface area contributed by atoms with Crippen LogP contribution >= 0.6 is 11.3 Å². The number of benzene rings is 1. The summed E-state index contributed by atoms with van der Waals surface area (Å²) in [5.74, 6) is -0.0194. The quantitative estimate of drug-likeness (QED) is 0.831. The molecule has 136 valence electrons. The summed E-state index contributed by atoms with van der Waals surface area (Å²) in [4.78, 5) is 28.0. The normalized spacial score (nSPS) is 16.8. The number of hydrogen-bond donors (Lipinski definition) is 1. The number of rotatable bonds is 4. The Morgan fingerprint density at radius 1 is 1.19 bits per heavy atom. The molecule has 2 aliphatic rings. The Bertz CT molecular complexity index is 807. The molecule has 0 radical (unpaired) electrons. The Kier molecular flexibility index (Phi) is 4.93. The highest BCUT2D eigenvalue weighted by molar-refractivity contribution is 7.14. The average Bonchev–Trinajstić information content (AvgIpc) is 3.20. The van der Waals surface area contributed by atoms with Gasteiger partial charge in [-0.05, 0) is 55.0 Å². The van der Waals surface area contributed by atoms with Crippen LogP contribution in [0.15, 0.2) is 30.3 Å². The first-order chi connectivity index (χ1) is 12.7. The first-order valence-corrected chi connectivity index (χ1v) is 9.95. The van der Waals surface area contributed by atoms with Gasteiger partial charge in [-0.3, -0.25) is 9.69 Å². The molecule has 26 heavy (non-hydrogen) atoms. The Balaban J connectivity index is 1.41. The lowest BCUT2D eigenvalue weighted by Gasteiger charge is -2.14. The van der Waals surface area contributed by atoms with Crippen molar-refractivity contribution in [1.29, 1.82) is 0 Å². The fraction of sp³-hybridized carbons (Fsp3) is 0.400. The highest BCUT2D eigenvalue weighted by Crippen LogP contribution is 2.29. The second kappa shape index (κ2) is 7.50. The van der Waals surface area contributed by atoms with Crippen LogP contribution < -0.4 is 10.2 Å². The Hall–Kier alpha value is -2.34. The van der Waals surface area contributed by atoms with Crippen molar-refractivity contribution >= 4 is 29.0 Å². The van der Waals surface area contributed by atoms with Crippen molar-refractivity contribution in [1.82, 2.24) is 5.32 Å². The van der Waals surface area contributed by atoms with Gasteiger partial charge in [-0.2, -0.15) is 0 Å². The minimum absolute atomic E-state index is 0.0194. The molecule has 1 N–H and O–H groups in total. The second-order valence-electron chi connectivity index (χ2n) is 6.74. The molecule has 5 nitrogen and oxygen atoms in total. The third-order valence-corrected chi connectivity index (χ3v) is 6.14. The van der Waals surface area contributed by atoms with Gasteiger partial charge in [0.1, 0.15) is 6.61 Å². The molecule has 6 heteroatoms. The Morgan fingerprint density at radius 2 is 2.08 bits per heavy atom. The number of cyclic esters (lactones) is 1. The van der Waals surface area contributed by atoms with E-state index in [1.807, 2.05) is 24.3 Å². The van der Waals surface area contributed by atoms with E-state index in [2.05, 4.69) is 11.4 Å².